The van der Waals surface area contributed by atoms with Gasteiger partial charge in [0.2, 0.25) is 0 Å². The summed E-state index contributed by atoms with van der Waals surface area (Å²) in [4.78, 5) is 1.97. The molecule has 0 bridgehead atoms. The van der Waals surface area contributed by atoms with E-state index in [0.29, 0.717) is 16.2 Å². The summed E-state index contributed by atoms with van der Waals surface area (Å²) in [5.41, 5.74) is 1.10. The molecule has 0 amide bonds. The number of benzene rings is 2. The highest BCUT2D eigenvalue weighted by Crippen LogP contribution is 2.34. The van der Waals surface area contributed by atoms with Crippen molar-refractivity contribution >= 4 is 21.6 Å². The molecule has 0 aliphatic rings. The van der Waals surface area contributed by atoms with Gasteiger partial charge in [0, 0.05) is 9.80 Å². The van der Waals surface area contributed by atoms with Crippen molar-refractivity contribution in [2.45, 2.75) is 35.3 Å². The lowest BCUT2D eigenvalue weighted by Crippen LogP contribution is -2.22. The molecule has 0 aromatic heterocycles. The summed E-state index contributed by atoms with van der Waals surface area (Å²) in [6, 6.07) is 18.3. The van der Waals surface area contributed by atoms with Crippen LogP contribution in [0.5, 0.6) is 0 Å². The molecule has 2 rings (SSSR count). The van der Waals surface area contributed by atoms with E-state index in [4.69, 9.17) is 0 Å². The lowest BCUT2D eigenvalue weighted by Gasteiger charge is -2.19. The first-order valence-electron chi connectivity index (χ1n) is 7.75. The Morgan fingerprint density at radius 2 is 1.58 bits per heavy atom. The zero-order valence-corrected chi connectivity index (χ0v) is 15.6. The van der Waals surface area contributed by atoms with Crippen molar-refractivity contribution in [3.8, 4) is 0 Å². The zero-order chi connectivity index (χ0) is 17.6. The molecule has 126 valence electrons. The normalized spacial score (nSPS) is 12.4. The van der Waals surface area contributed by atoms with Crippen LogP contribution in [-0.2, 0) is 9.84 Å². The van der Waals surface area contributed by atoms with E-state index >= 15 is 0 Å². The van der Waals surface area contributed by atoms with E-state index in [1.807, 2.05) is 56.3 Å². The standard InChI is InChI=1S/C20H22O2S2/c1-16(2)14-15-20(17(3)23-18-10-6-4-7-11-18)24(21,22)19-12-8-5-9-13-19/h4-14,20H,3,15H2,1-2H3. The maximum absolute atomic E-state index is 13.1. The Morgan fingerprint density at radius 3 is 2.12 bits per heavy atom. The van der Waals surface area contributed by atoms with Gasteiger partial charge >= 0.3 is 0 Å². The van der Waals surface area contributed by atoms with Crippen LogP contribution >= 0.6 is 11.8 Å². The topological polar surface area (TPSA) is 34.1 Å². The molecule has 0 aliphatic carbocycles. The molecular weight excluding hydrogens is 336 g/mol. The summed E-state index contributed by atoms with van der Waals surface area (Å²) >= 11 is 1.42. The summed E-state index contributed by atoms with van der Waals surface area (Å²) in [7, 11) is -3.48. The van der Waals surface area contributed by atoms with Gasteiger partial charge in [0.1, 0.15) is 0 Å². The molecule has 1 unspecified atom stereocenters. The Balaban J connectivity index is 2.34. The van der Waals surface area contributed by atoms with E-state index in [9.17, 15) is 8.42 Å². The van der Waals surface area contributed by atoms with Crippen molar-refractivity contribution in [1.82, 2.24) is 0 Å². The van der Waals surface area contributed by atoms with Crippen molar-refractivity contribution in [3.05, 3.63) is 83.8 Å². The van der Waals surface area contributed by atoms with Gasteiger partial charge in [0.25, 0.3) is 0 Å². The highest BCUT2D eigenvalue weighted by molar-refractivity contribution is 8.04. The van der Waals surface area contributed by atoms with Gasteiger partial charge in [-0.05, 0) is 44.5 Å². The highest BCUT2D eigenvalue weighted by Gasteiger charge is 2.29. The van der Waals surface area contributed by atoms with E-state index in [2.05, 4.69) is 6.58 Å². The number of rotatable bonds is 7. The van der Waals surface area contributed by atoms with Crippen LogP contribution in [0.4, 0.5) is 0 Å². The smallest absolute Gasteiger partial charge is 0.186 e. The Labute approximate surface area is 149 Å². The van der Waals surface area contributed by atoms with Crippen LogP contribution in [0.25, 0.3) is 0 Å². The highest BCUT2D eigenvalue weighted by atomic mass is 32.2. The molecule has 0 saturated carbocycles. The quantitative estimate of drug-likeness (QED) is 0.485. The zero-order valence-electron chi connectivity index (χ0n) is 14.0. The van der Waals surface area contributed by atoms with Crippen LogP contribution < -0.4 is 0 Å². The minimum atomic E-state index is -3.48. The minimum Gasteiger partial charge on any atom is -0.223 e. The first-order valence-corrected chi connectivity index (χ1v) is 10.1. The van der Waals surface area contributed by atoms with Gasteiger partial charge in [0.15, 0.2) is 9.84 Å². The molecule has 2 nitrogen and oxygen atoms in total. The van der Waals surface area contributed by atoms with Crippen LogP contribution in [-0.4, -0.2) is 13.7 Å². The summed E-state index contributed by atoms with van der Waals surface area (Å²) < 4.78 is 26.1. The van der Waals surface area contributed by atoms with Gasteiger partial charge in [0.05, 0.1) is 10.1 Å². The fraction of sp³-hybridized carbons (Fsp3) is 0.200. The third-order valence-electron chi connectivity index (χ3n) is 3.54. The summed E-state index contributed by atoms with van der Waals surface area (Å²) in [6.07, 6.45) is 2.39. The molecule has 0 saturated heterocycles. The molecule has 4 heteroatoms. The molecule has 0 radical (unpaired) electrons. The maximum Gasteiger partial charge on any atom is 0.186 e. The molecule has 0 heterocycles. The number of hydrogen-bond acceptors (Lipinski definition) is 3. The molecule has 0 aliphatic heterocycles. The Kier molecular flexibility index (Phi) is 6.46. The van der Waals surface area contributed by atoms with Crippen LogP contribution in [0, 0.1) is 0 Å². The van der Waals surface area contributed by atoms with E-state index < -0.39 is 15.1 Å². The predicted octanol–water partition coefficient (Wildman–Crippen LogP) is 5.49. The number of allylic oxidation sites excluding steroid dienone is 2. The Bertz CT molecular complexity index is 803. The van der Waals surface area contributed by atoms with E-state index in [0.717, 1.165) is 10.5 Å². The summed E-state index contributed by atoms with van der Waals surface area (Å²) in [6.45, 7) is 8.02. The lowest BCUT2D eigenvalue weighted by atomic mass is 10.2. The third-order valence-corrected chi connectivity index (χ3v) is 6.90. The van der Waals surface area contributed by atoms with Gasteiger partial charge in [-0.15, -0.1) is 0 Å². The predicted molar refractivity (Wildman–Crippen MR) is 103 cm³/mol. The molecule has 2 aromatic carbocycles. The van der Waals surface area contributed by atoms with Gasteiger partial charge in [-0.2, -0.15) is 0 Å². The van der Waals surface area contributed by atoms with Crippen LogP contribution in [0.1, 0.15) is 20.3 Å². The average Bonchev–Trinajstić information content (AvgIpc) is 2.56. The van der Waals surface area contributed by atoms with E-state index in [1.54, 1.807) is 24.3 Å². The van der Waals surface area contributed by atoms with E-state index in [1.165, 1.54) is 11.8 Å². The molecular formula is C20H22O2S2. The molecule has 24 heavy (non-hydrogen) atoms. The van der Waals surface area contributed by atoms with Crippen molar-refractivity contribution in [2.75, 3.05) is 0 Å². The second kappa shape index (κ2) is 8.36. The van der Waals surface area contributed by atoms with E-state index in [-0.39, 0.29) is 0 Å². The van der Waals surface area contributed by atoms with Crippen LogP contribution in [0.15, 0.2) is 93.6 Å². The first-order chi connectivity index (χ1) is 11.4. The fourth-order valence-electron chi connectivity index (χ4n) is 2.25. The molecule has 0 spiro atoms. The van der Waals surface area contributed by atoms with Crippen molar-refractivity contribution < 1.29 is 8.42 Å². The van der Waals surface area contributed by atoms with Crippen molar-refractivity contribution in [1.29, 1.82) is 0 Å². The number of sulfone groups is 1. The van der Waals surface area contributed by atoms with Crippen LogP contribution in [0.2, 0.25) is 0 Å². The maximum atomic E-state index is 13.1. The van der Waals surface area contributed by atoms with Gasteiger partial charge in [-0.25, -0.2) is 8.42 Å². The third kappa shape index (κ3) is 4.86. The summed E-state index contributed by atoms with van der Waals surface area (Å²) in [5, 5.41) is -0.653. The number of hydrogen-bond donors (Lipinski definition) is 0. The van der Waals surface area contributed by atoms with Crippen molar-refractivity contribution in [3.63, 3.8) is 0 Å². The molecule has 1 atom stereocenters. The summed E-state index contributed by atoms with van der Waals surface area (Å²) in [5.74, 6) is 0. The molecule has 0 fully saturated rings. The van der Waals surface area contributed by atoms with Gasteiger partial charge in [-0.3, -0.25) is 0 Å². The largest absolute Gasteiger partial charge is 0.223 e. The molecule has 0 N–H and O–H groups in total. The lowest BCUT2D eigenvalue weighted by molar-refractivity contribution is 0.588. The SMILES string of the molecule is C=C(Sc1ccccc1)C(CC=C(C)C)S(=O)(=O)c1ccccc1. The second-order valence-corrected chi connectivity index (χ2v) is 9.08. The number of thioether (sulfide) groups is 1. The molecule has 2 aromatic rings. The Morgan fingerprint density at radius 1 is 1.04 bits per heavy atom. The fourth-order valence-corrected chi connectivity index (χ4v) is 5.16. The van der Waals surface area contributed by atoms with Gasteiger partial charge < -0.3 is 0 Å². The van der Waals surface area contributed by atoms with Gasteiger partial charge in [-0.1, -0.05) is 66.4 Å². The first kappa shape index (κ1) is 18.6. The Hall–Kier alpha value is -1.78. The van der Waals surface area contributed by atoms with Crippen molar-refractivity contribution in [2.24, 2.45) is 0 Å². The monoisotopic (exact) mass is 358 g/mol. The minimum absolute atomic E-state index is 0.340. The average molecular weight is 359 g/mol. The second-order valence-electron chi connectivity index (χ2n) is 5.75. The van der Waals surface area contributed by atoms with Crippen LogP contribution in [0.3, 0.4) is 0 Å².